The lowest BCUT2D eigenvalue weighted by Gasteiger charge is -2.24. The van der Waals surface area contributed by atoms with Crippen molar-refractivity contribution in [3.63, 3.8) is 0 Å². The Labute approximate surface area is 66.5 Å². The molecule has 1 aliphatic heterocycles. The number of carbonyl (C=O) groups is 1. The highest BCUT2D eigenvalue weighted by Gasteiger charge is 2.25. The Bertz CT molecular complexity index is 145. The van der Waals surface area contributed by atoms with Gasteiger partial charge in [-0.05, 0) is 6.42 Å². The van der Waals surface area contributed by atoms with Crippen LogP contribution in [0, 0.1) is 0 Å². The molecule has 4 N–H and O–H groups in total. The van der Waals surface area contributed by atoms with Crippen LogP contribution >= 0.6 is 0 Å². The number of hydrogen-bond acceptors (Lipinski definition) is 3. The summed E-state index contributed by atoms with van der Waals surface area (Å²) in [5.41, 5.74) is 10.9. The van der Waals surface area contributed by atoms with Gasteiger partial charge in [-0.2, -0.15) is 0 Å². The Morgan fingerprint density at radius 2 is 2.09 bits per heavy atom. The molecule has 1 saturated heterocycles. The van der Waals surface area contributed by atoms with Gasteiger partial charge in [-0.1, -0.05) is 0 Å². The van der Waals surface area contributed by atoms with Gasteiger partial charge < -0.3 is 16.4 Å². The highest BCUT2D eigenvalue weighted by molar-refractivity contribution is 5.78. The molecule has 1 fully saturated rings. The van der Waals surface area contributed by atoms with Gasteiger partial charge in [0.15, 0.2) is 0 Å². The number of nitrogens with two attached hydrogens (primary N) is 2. The molecule has 0 aliphatic carbocycles. The average molecular weight is 157 g/mol. The second-order valence-electron chi connectivity index (χ2n) is 2.82. The SMILES string of the molecule is NCC(CN)N1CCCC1=O. The van der Waals surface area contributed by atoms with Crippen LogP contribution < -0.4 is 11.5 Å². The lowest BCUT2D eigenvalue weighted by atomic mass is 10.2. The fourth-order valence-corrected chi connectivity index (χ4v) is 1.41. The zero-order valence-corrected chi connectivity index (χ0v) is 6.62. The number of nitrogens with zero attached hydrogens (tertiary/aromatic N) is 1. The fourth-order valence-electron chi connectivity index (χ4n) is 1.41. The molecule has 1 amide bonds. The number of amides is 1. The molecule has 0 spiro atoms. The van der Waals surface area contributed by atoms with Crippen molar-refractivity contribution < 1.29 is 4.79 Å². The summed E-state index contributed by atoms with van der Waals surface area (Å²) in [4.78, 5) is 12.9. The molecule has 0 saturated carbocycles. The van der Waals surface area contributed by atoms with Crippen molar-refractivity contribution in [2.75, 3.05) is 19.6 Å². The van der Waals surface area contributed by atoms with Gasteiger partial charge in [0.05, 0.1) is 6.04 Å². The number of hydrogen-bond donors (Lipinski definition) is 2. The highest BCUT2D eigenvalue weighted by atomic mass is 16.2. The molecule has 0 aromatic carbocycles. The van der Waals surface area contributed by atoms with E-state index in [-0.39, 0.29) is 11.9 Å². The summed E-state index contributed by atoms with van der Waals surface area (Å²) in [6.07, 6.45) is 1.62. The van der Waals surface area contributed by atoms with E-state index in [0.717, 1.165) is 13.0 Å². The topological polar surface area (TPSA) is 72.3 Å². The van der Waals surface area contributed by atoms with Crippen LogP contribution in [0.3, 0.4) is 0 Å². The van der Waals surface area contributed by atoms with Crippen LogP contribution in [0.2, 0.25) is 0 Å². The second-order valence-corrected chi connectivity index (χ2v) is 2.82. The largest absolute Gasteiger partial charge is 0.337 e. The van der Waals surface area contributed by atoms with Crippen LogP contribution in [0.15, 0.2) is 0 Å². The maximum Gasteiger partial charge on any atom is 0.222 e. The van der Waals surface area contributed by atoms with Crippen LogP contribution in [0.5, 0.6) is 0 Å². The summed E-state index contributed by atoms with van der Waals surface area (Å²) in [5.74, 6) is 0.200. The van der Waals surface area contributed by atoms with Gasteiger partial charge in [-0.15, -0.1) is 0 Å². The molecular formula is C7H15N3O. The van der Waals surface area contributed by atoms with E-state index in [4.69, 9.17) is 11.5 Å². The van der Waals surface area contributed by atoms with Crippen molar-refractivity contribution in [3.05, 3.63) is 0 Å². The first-order valence-electron chi connectivity index (χ1n) is 3.99. The summed E-state index contributed by atoms with van der Waals surface area (Å²) in [5, 5.41) is 0. The summed E-state index contributed by atoms with van der Waals surface area (Å²) >= 11 is 0. The monoisotopic (exact) mass is 157 g/mol. The Morgan fingerprint density at radius 1 is 1.45 bits per heavy atom. The molecule has 1 aliphatic rings. The zero-order valence-electron chi connectivity index (χ0n) is 6.62. The third-order valence-corrected chi connectivity index (χ3v) is 2.09. The third kappa shape index (κ3) is 1.70. The van der Waals surface area contributed by atoms with E-state index >= 15 is 0 Å². The zero-order chi connectivity index (χ0) is 8.27. The quantitative estimate of drug-likeness (QED) is 0.546. The molecule has 0 aromatic rings. The average Bonchev–Trinajstić information content (AvgIpc) is 2.40. The van der Waals surface area contributed by atoms with Gasteiger partial charge in [0.25, 0.3) is 0 Å². The minimum atomic E-state index is 0.0602. The molecule has 4 heteroatoms. The second kappa shape index (κ2) is 3.69. The van der Waals surface area contributed by atoms with E-state index in [1.807, 2.05) is 0 Å². The van der Waals surface area contributed by atoms with Crippen molar-refractivity contribution in [2.45, 2.75) is 18.9 Å². The third-order valence-electron chi connectivity index (χ3n) is 2.09. The summed E-state index contributed by atoms with van der Waals surface area (Å²) in [6, 6.07) is 0.0602. The van der Waals surface area contributed by atoms with Crippen molar-refractivity contribution in [2.24, 2.45) is 11.5 Å². The molecule has 11 heavy (non-hydrogen) atoms. The Hall–Kier alpha value is -0.610. The molecule has 64 valence electrons. The molecule has 0 aromatic heterocycles. The van der Waals surface area contributed by atoms with Crippen LogP contribution in [-0.4, -0.2) is 36.5 Å². The minimum Gasteiger partial charge on any atom is -0.337 e. The van der Waals surface area contributed by atoms with Gasteiger partial charge in [0, 0.05) is 26.1 Å². The Kier molecular flexibility index (Phi) is 2.84. The van der Waals surface area contributed by atoms with Crippen LogP contribution in [0.4, 0.5) is 0 Å². The number of rotatable bonds is 3. The van der Waals surface area contributed by atoms with Crippen LogP contribution in [0.25, 0.3) is 0 Å². The predicted octanol–water partition coefficient (Wildman–Crippen LogP) is -1.11. The molecular weight excluding hydrogens is 142 g/mol. The van der Waals surface area contributed by atoms with E-state index in [1.54, 1.807) is 4.90 Å². The summed E-state index contributed by atoms with van der Waals surface area (Å²) in [7, 11) is 0. The maximum atomic E-state index is 11.1. The lowest BCUT2D eigenvalue weighted by Crippen LogP contribution is -2.45. The molecule has 4 nitrogen and oxygen atoms in total. The summed E-state index contributed by atoms with van der Waals surface area (Å²) in [6.45, 7) is 1.78. The fraction of sp³-hybridized carbons (Fsp3) is 0.857. The molecule has 1 rings (SSSR count). The standard InChI is InChI=1S/C7H15N3O/c8-4-6(5-9)10-3-1-2-7(10)11/h6H,1-5,8-9H2. The van der Waals surface area contributed by atoms with Crippen molar-refractivity contribution >= 4 is 5.91 Å². The van der Waals surface area contributed by atoms with E-state index < -0.39 is 0 Å². The molecule has 1 heterocycles. The normalized spacial score (nSPS) is 18.5. The lowest BCUT2D eigenvalue weighted by molar-refractivity contribution is -0.129. The first-order valence-corrected chi connectivity index (χ1v) is 3.99. The van der Waals surface area contributed by atoms with Crippen LogP contribution in [-0.2, 0) is 4.79 Å². The van der Waals surface area contributed by atoms with E-state index in [2.05, 4.69) is 0 Å². The number of carbonyl (C=O) groups excluding carboxylic acids is 1. The molecule has 0 atom stereocenters. The first kappa shape index (κ1) is 8.49. The molecule has 0 bridgehead atoms. The Morgan fingerprint density at radius 3 is 2.45 bits per heavy atom. The van der Waals surface area contributed by atoms with Gasteiger partial charge in [0.1, 0.15) is 0 Å². The highest BCUT2D eigenvalue weighted by Crippen LogP contribution is 2.11. The first-order chi connectivity index (χ1) is 5.29. The van der Waals surface area contributed by atoms with Crippen molar-refractivity contribution in [1.82, 2.24) is 4.90 Å². The molecule has 0 radical (unpaired) electrons. The molecule has 0 unspecified atom stereocenters. The van der Waals surface area contributed by atoms with Gasteiger partial charge in [-0.25, -0.2) is 0 Å². The van der Waals surface area contributed by atoms with E-state index in [1.165, 1.54) is 0 Å². The minimum absolute atomic E-state index is 0.0602. The van der Waals surface area contributed by atoms with Crippen molar-refractivity contribution in [1.29, 1.82) is 0 Å². The summed E-state index contributed by atoms with van der Waals surface area (Å²) < 4.78 is 0. The van der Waals surface area contributed by atoms with Gasteiger partial charge in [-0.3, -0.25) is 4.79 Å². The van der Waals surface area contributed by atoms with Crippen molar-refractivity contribution in [3.8, 4) is 0 Å². The van der Waals surface area contributed by atoms with E-state index in [9.17, 15) is 4.79 Å². The Balaban J connectivity index is 2.49. The maximum absolute atomic E-state index is 11.1. The van der Waals surface area contributed by atoms with E-state index in [0.29, 0.717) is 19.5 Å². The number of likely N-dealkylation sites (tertiary alicyclic amines) is 1. The smallest absolute Gasteiger partial charge is 0.222 e. The predicted molar refractivity (Wildman–Crippen MR) is 42.8 cm³/mol. The van der Waals surface area contributed by atoms with Gasteiger partial charge in [0.2, 0.25) is 5.91 Å². The van der Waals surface area contributed by atoms with Crippen LogP contribution in [0.1, 0.15) is 12.8 Å². The van der Waals surface area contributed by atoms with Gasteiger partial charge >= 0.3 is 0 Å².